The Morgan fingerprint density at radius 3 is 1.75 bits per heavy atom. The van der Waals surface area contributed by atoms with Gasteiger partial charge in [-0.05, 0) is 6.66 Å². The summed E-state index contributed by atoms with van der Waals surface area (Å²) in [5.74, 6) is 0. The first-order valence-corrected chi connectivity index (χ1v) is 2.07. The van der Waals surface area contributed by atoms with Gasteiger partial charge in [-0.1, -0.05) is 0 Å². The van der Waals surface area contributed by atoms with E-state index in [0.717, 1.165) is 0 Å². The van der Waals surface area contributed by atoms with Gasteiger partial charge in [0, 0.05) is 0 Å². The Morgan fingerprint density at radius 1 is 1.75 bits per heavy atom. The molecule has 27 valence electrons. The molecular formula is CH6BiFP. The van der Waals surface area contributed by atoms with E-state index in [0.29, 0.717) is 0 Å². The van der Waals surface area contributed by atoms with Crippen LogP contribution >= 0.6 is 8.89 Å². The fourth-order valence-electron chi connectivity index (χ4n) is 0. The molecule has 0 bridgehead atoms. The van der Waals surface area contributed by atoms with Gasteiger partial charge in [-0.25, -0.2) is 4.20 Å². The standard InChI is InChI=1S/CH4FP.Bi.2H/c1-3-2;;;/h3H,1H3;;;. The normalized spacial score (nSPS) is 7.50. The average molecular weight is 277 g/mol. The molecule has 0 saturated carbocycles. The second-order valence-electron chi connectivity index (χ2n) is 0.189. The van der Waals surface area contributed by atoms with Crippen molar-refractivity contribution in [2.24, 2.45) is 0 Å². The van der Waals surface area contributed by atoms with Crippen LogP contribution in [0.3, 0.4) is 0 Å². The second-order valence-corrected chi connectivity index (χ2v) is 0.567. The molecule has 0 N–H and O–H groups in total. The van der Waals surface area contributed by atoms with Crippen molar-refractivity contribution >= 4 is 35.1 Å². The van der Waals surface area contributed by atoms with Crippen LogP contribution in [0.5, 0.6) is 0 Å². The monoisotopic (exact) mass is 277 g/mol. The van der Waals surface area contributed by atoms with E-state index in [4.69, 9.17) is 0 Å². The van der Waals surface area contributed by atoms with Crippen LogP contribution in [-0.4, -0.2) is 32.9 Å². The van der Waals surface area contributed by atoms with Crippen molar-refractivity contribution in [1.82, 2.24) is 0 Å². The van der Waals surface area contributed by atoms with Crippen LogP contribution in [0, 0.1) is 0 Å². The van der Waals surface area contributed by atoms with E-state index < -0.39 is 8.89 Å². The molecule has 1 unspecified atom stereocenters. The third kappa shape index (κ3) is 10.6. The van der Waals surface area contributed by atoms with Gasteiger partial charge in [0.1, 0.15) is 0 Å². The van der Waals surface area contributed by atoms with E-state index in [1.165, 1.54) is 6.66 Å². The maximum absolute atomic E-state index is 10.3. The fourth-order valence-corrected chi connectivity index (χ4v) is 0. The molecule has 0 fully saturated rings. The number of hydrogen-bond acceptors (Lipinski definition) is 0. The molecule has 0 amide bonds. The van der Waals surface area contributed by atoms with Crippen molar-refractivity contribution in [2.45, 2.75) is 0 Å². The van der Waals surface area contributed by atoms with Gasteiger partial charge in [0.05, 0.1) is 8.89 Å². The zero-order valence-corrected chi connectivity index (χ0v) is 7.94. The van der Waals surface area contributed by atoms with Gasteiger partial charge in [-0.2, -0.15) is 0 Å². The van der Waals surface area contributed by atoms with E-state index in [1.807, 2.05) is 0 Å². The molecule has 0 aromatic heterocycles. The summed E-state index contributed by atoms with van der Waals surface area (Å²) in [4.78, 5) is 0. The molecule has 3 heteroatoms. The van der Waals surface area contributed by atoms with Crippen molar-refractivity contribution in [3.63, 3.8) is 0 Å². The summed E-state index contributed by atoms with van der Waals surface area (Å²) in [7, 11) is -0.417. The van der Waals surface area contributed by atoms with Crippen molar-refractivity contribution in [3.8, 4) is 0 Å². The molecule has 0 spiro atoms. The minimum atomic E-state index is -0.417. The molecule has 0 nitrogen and oxygen atoms in total. The molecule has 0 aliphatic heterocycles. The zero-order valence-electron chi connectivity index (χ0n) is 2.46. The van der Waals surface area contributed by atoms with E-state index in [2.05, 4.69) is 0 Å². The Bertz CT molecular complexity index is 8.00. The minimum absolute atomic E-state index is 0. The fraction of sp³-hybridized carbons (Fsp3) is 1.00. The second kappa shape index (κ2) is 8.87. The zero-order chi connectivity index (χ0) is 2.71. The first-order chi connectivity index (χ1) is 1.41. The van der Waals surface area contributed by atoms with Crippen LogP contribution in [0.4, 0.5) is 4.20 Å². The van der Waals surface area contributed by atoms with Gasteiger partial charge in [-0.15, -0.1) is 0 Å². The molecule has 0 rings (SSSR count). The van der Waals surface area contributed by atoms with Crippen LogP contribution < -0.4 is 0 Å². The van der Waals surface area contributed by atoms with Crippen molar-refractivity contribution in [1.29, 1.82) is 0 Å². The number of halogens is 1. The predicted octanol–water partition coefficient (Wildman–Crippen LogP) is 0.263. The molecule has 0 aliphatic rings. The van der Waals surface area contributed by atoms with E-state index in [9.17, 15) is 4.20 Å². The molecule has 1 atom stereocenters. The maximum atomic E-state index is 10.3. The van der Waals surface area contributed by atoms with Crippen LogP contribution in [0.1, 0.15) is 0 Å². The first-order valence-electron chi connectivity index (χ1n) is 0.689. The van der Waals surface area contributed by atoms with Gasteiger partial charge in [-0.3, -0.25) is 0 Å². The van der Waals surface area contributed by atoms with E-state index in [-0.39, 0.29) is 26.2 Å². The quantitative estimate of drug-likeness (QED) is 0.440. The van der Waals surface area contributed by atoms with Gasteiger partial charge in [0.15, 0.2) is 0 Å². The van der Waals surface area contributed by atoms with Crippen LogP contribution in [-0.2, 0) is 0 Å². The third-order valence-corrected chi connectivity index (χ3v) is 0. The Morgan fingerprint density at radius 2 is 1.75 bits per heavy atom. The summed E-state index contributed by atoms with van der Waals surface area (Å²) < 4.78 is 10.3. The molecule has 0 aliphatic carbocycles. The molecule has 4 heavy (non-hydrogen) atoms. The topological polar surface area (TPSA) is 0 Å². The van der Waals surface area contributed by atoms with Crippen molar-refractivity contribution in [3.05, 3.63) is 0 Å². The summed E-state index contributed by atoms with van der Waals surface area (Å²) in [5, 5.41) is 0. The van der Waals surface area contributed by atoms with Crippen LogP contribution in [0.15, 0.2) is 0 Å². The Kier molecular flexibility index (Phi) is 19.9. The predicted molar refractivity (Wildman–Crippen MR) is 23.9 cm³/mol. The summed E-state index contributed by atoms with van der Waals surface area (Å²) >= 11 is 0. The van der Waals surface area contributed by atoms with Gasteiger partial charge >= 0.3 is 26.2 Å². The summed E-state index contributed by atoms with van der Waals surface area (Å²) in [6.45, 7) is 1.49. The van der Waals surface area contributed by atoms with Crippen molar-refractivity contribution in [2.75, 3.05) is 6.66 Å². The SMILES string of the molecule is CPF.[BiH2]. The number of rotatable bonds is 0. The molecule has 0 aromatic carbocycles. The Balaban J connectivity index is 0. The van der Waals surface area contributed by atoms with E-state index in [1.54, 1.807) is 0 Å². The Hall–Kier alpha value is 1.24. The number of hydrogen-bond donors (Lipinski definition) is 0. The van der Waals surface area contributed by atoms with E-state index >= 15 is 0 Å². The summed E-state index contributed by atoms with van der Waals surface area (Å²) in [6.07, 6.45) is 0. The van der Waals surface area contributed by atoms with Gasteiger partial charge in [0.25, 0.3) is 0 Å². The molecule has 0 saturated heterocycles. The first kappa shape index (κ1) is 8.97. The molecule has 0 aromatic rings. The Labute approximate surface area is 46.2 Å². The third-order valence-electron chi connectivity index (χ3n) is 0. The van der Waals surface area contributed by atoms with Crippen LogP contribution in [0.25, 0.3) is 0 Å². The molecule has 0 heterocycles. The molecule has 1 radical (unpaired) electrons. The van der Waals surface area contributed by atoms with Crippen molar-refractivity contribution < 1.29 is 4.20 Å². The van der Waals surface area contributed by atoms with Crippen LogP contribution in [0.2, 0.25) is 0 Å². The summed E-state index contributed by atoms with van der Waals surface area (Å²) in [6, 6.07) is 0. The molecular weight excluding hydrogens is 271 g/mol. The van der Waals surface area contributed by atoms with Gasteiger partial charge < -0.3 is 0 Å². The average Bonchev–Trinajstić information content (AvgIpc) is 0.918. The van der Waals surface area contributed by atoms with Gasteiger partial charge in [0.2, 0.25) is 0 Å². The summed E-state index contributed by atoms with van der Waals surface area (Å²) in [5.41, 5.74) is 0.